The zero-order valence-electron chi connectivity index (χ0n) is 23.9. The van der Waals surface area contributed by atoms with E-state index < -0.39 is 41.4 Å². The predicted molar refractivity (Wildman–Crippen MR) is 169 cm³/mol. The summed E-state index contributed by atoms with van der Waals surface area (Å²) in [6.45, 7) is 9.95. The van der Waals surface area contributed by atoms with Crippen LogP contribution < -0.4 is 14.5 Å². The van der Waals surface area contributed by atoms with Gasteiger partial charge in [-0.1, -0.05) is 51.8 Å². The standard InChI is InChI=1S/C32H35BrClN3O6/c1-4-15-35(20-11-13-21(14-12-20)42-6-3)29(39)25-26-30(40)37(17-18-38)28(32(26)19-22(33)27(25)43-32)31(41)36(16-5-2)24-10-8-7-9-23(24)34/h4-5,7-14,22,25-28,38H,1-2,6,15-19H2,3H3/t22?,25-,26-,27-,28?,32?/m0/s1. The van der Waals surface area contributed by atoms with E-state index in [9.17, 15) is 19.5 Å². The SMILES string of the molecule is C=CCN(C(=O)[C@H]1[C@H]2C(=O)N(CCO)C(C(=O)N(CC=C)c3ccccc3Cl)C23CC(Br)[C@@H]1O3)c1ccc(OCC)cc1. The molecule has 9 nitrogen and oxygen atoms in total. The maximum atomic E-state index is 14.5. The van der Waals surface area contributed by atoms with Gasteiger partial charge in [-0.15, -0.1) is 13.2 Å². The molecule has 3 saturated heterocycles. The highest BCUT2D eigenvalue weighted by molar-refractivity contribution is 9.09. The normalized spacial score (nSPS) is 27.1. The number of ether oxygens (including phenoxy) is 2. The third kappa shape index (κ3) is 5.28. The molecule has 2 bridgehead atoms. The molecule has 0 radical (unpaired) electrons. The first-order chi connectivity index (χ1) is 20.7. The van der Waals surface area contributed by atoms with Crippen LogP contribution in [0.2, 0.25) is 5.02 Å². The monoisotopic (exact) mass is 671 g/mol. The number of halogens is 2. The summed E-state index contributed by atoms with van der Waals surface area (Å²) >= 11 is 10.2. The molecule has 0 saturated carbocycles. The summed E-state index contributed by atoms with van der Waals surface area (Å²) in [5, 5.41) is 10.3. The molecule has 1 spiro atoms. The number of likely N-dealkylation sites (tertiary alicyclic amines) is 1. The highest BCUT2D eigenvalue weighted by Crippen LogP contribution is 2.60. The fraction of sp³-hybridized carbons (Fsp3) is 0.406. The molecule has 3 aliphatic heterocycles. The van der Waals surface area contributed by atoms with Gasteiger partial charge in [0, 0.05) is 30.1 Å². The number of nitrogens with zero attached hydrogens (tertiary/aromatic N) is 3. The Morgan fingerprint density at radius 3 is 2.44 bits per heavy atom. The Kier molecular flexibility index (Phi) is 9.31. The number of aliphatic hydroxyl groups is 1. The Morgan fingerprint density at radius 1 is 1.14 bits per heavy atom. The van der Waals surface area contributed by atoms with Crippen LogP contribution in [0.25, 0.3) is 0 Å². The van der Waals surface area contributed by atoms with Crippen LogP contribution in [0.5, 0.6) is 5.75 Å². The first-order valence-corrected chi connectivity index (χ1v) is 15.6. The third-order valence-corrected chi connectivity index (χ3v) is 9.57. The van der Waals surface area contributed by atoms with Gasteiger partial charge in [0.25, 0.3) is 5.91 Å². The second-order valence-corrected chi connectivity index (χ2v) is 12.4. The Morgan fingerprint density at radius 2 is 1.81 bits per heavy atom. The maximum absolute atomic E-state index is 14.5. The maximum Gasteiger partial charge on any atom is 0.253 e. The zero-order chi connectivity index (χ0) is 30.9. The Bertz CT molecular complexity index is 1410. The van der Waals surface area contributed by atoms with E-state index in [1.807, 2.05) is 6.92 Å². The summed E-state index contributed by atoms with van der Waals surface area (Å²) in [4.78, 5) is 47.3. The first-order valence-electron chi connectivity index (χ1n) is 14.3. The molecule has 1 N–H and O–H groups in total. The van der Waals surface area contributed by atoms with Crippen molar-refractivity contribution in [3.8, 4) is 5.75 Å². The molecule has 3 heterocycles. The van der Waals surface area contributed by atoms with Gasteiger partial charge in [0.05, 0.1) is 41.9 Å². The van der Waals surface area contributed by atoms with Crippen molar-refractivity contribution >= 4 is 56.6 Å². The van der Waals surface area contributed by atoms with E-state index in [1.165, 1.54) is 9.80 Å². The van der Waals surface area contributed by atoms with Crippen LogP contribution in [0.4, 0.5) is 11.4 Å². The van der Waals surface area contributed by atoms with E-state index in [0.717, 1.165) is 0 Å². The van der Waals surface area contributed by atoms with Crippen molar-refractivity contribution in [1.29, 1.82) is 0 Å². The van der Waals surface area contributed by atoms with Crippen molar-refractivity contribution in [1.82, 2.24) is 4.90 Å². The predicted octanol–water partition coefficient (Wildman–Crippen LogP) is 4.22. The molecule has 0 aliphatic carbocycles. The van der Waals surface area contributed by atoms with E-state index >= 15 is 0 Å². The minimum absolute atomic E-state index is 0.0882. The molecule has 228 valence electrons. The Balaban J connectivity index is 1.55. The van der Waals surface area contributed by atoms with Gasteiger partial charge < -0.3 is 29.3 Å². The smallest absolute Gasteiger partial charge is 0.253 e. The number of anilines is 2. The van der Waals surface area contributed by atoms with E-state index in [2.05, 4.69) is 29.1 Å². The van der Waals surface area contributed by atoms with Gasteiger partial charge in [0.2, 0.25) is 11.8 Å². The van der Waals surface area contributed by atoms with Gasteiger partial charge in [0.1, 0.15) is 17.4 Å². The third-order valence-electron chi connectivity index (χ3n) is 8.41. The molecule has 3 amide bonds. The number of carbonyl (C=O) groups excluding carboxylic acids is 3. The summed E-state index contributed by atoms with van der Waals surface area (Å²) in [6.07, 6.45) is 2.91. The molecule has 3 fully saturated rings. The van der Waals surface area contributed by atoms with Crippen molar-refractivity contribution in [3.63, 3.8) is 0 Å². The average Bonchev–Trinajstić information content (AvgIpc) is 3.59. The first kappa shape index (κ1) is 31.3. The van der Waals surface area contributed by atoms with Gasteiger partial charge >= 0.3 is 0 Å². The van der Waals surface area contributed by atoms with Crippen molar-refractivity contribution in [3.05, 3.63) is 78.9 Å². The lowest BCUT2D eigenvalue weighted by Crippen LogP contribution is -2.57. The fourth-order valence-electron chi connectivity index (χ4n) is 6.81. The highest BCUT2D eigenvalue weighted by Gasteiger charge is 2.77. The number of carbonyl (C=O) groups is 3. The van der Waals surface area contributed by atoms with Crippen LogP contribution in [-0.4, -0.2) is 83.2 Å². The Labute approximate surface area is 264 Å². The number of fused-ring (bicyclic) bond motifs is 1. The van der Waals surface area contributed by atoms with Crippen molar-refractivity contribution in [2.75, 3.05) is 42.6 Å². The van der Waals surface area contributed by atoms with Crippen LogP contribution >= 0.6 is 27.5 Å². The van der Waals surface area contributed by atoms with Crippen molar-refractivity contribution < 1.29 is 29.0 Å². The second kappa shape index (κ2) is 12.8. The summed E-state index contributed by atoms with van der Waals surface area (Å²) in [5.41, 5.74) is -0.201. The van der Waals surface area contributed by atoms with Crippen LogP contribution in [-0.2, 0) is 19.1 Å². The lowest BCUT2D eigenvalue weighted by Gasteiger charge is -2.37. The molecule has 43 heavy (non-hydrogen) atoms. The van der Waals surface area contributed by atoms with Gasteiger partial charge in [-0.05, 0) is 49.7 Å². The number of alkyl halides is 1. The van der Waals surface area contributed by atoms with Gasteiger partial charge in [-0.25, -0.2) is 0 Å². The molecule has 0 aromatic heterocycles. The van der Waals surface area contributed by atoms with E-state index in [-0.39, 0.29) is 37.0 Å². The second-order valence-electron chi connectivity index (χ2n) is 10.8. The van der Waals surface area contributed by atoms with Gasteiger partial charge in [0.15, 0.2) is 0 Å². The van der Waals surface area contributed by atoms with Crippen LogP contribution in [0.3, 0.4) is 0 Å². The molecule has 2 aromatic rings. The number of β-amino-alcohol motifs (C(OH)–C–C–N with tert-alkyl or cyclic N) is 1. The van der Waals surface area contributed by atoms with Gasteiger partial charge in [-0.3, -0.25) is 14.4 Å². The highest BCUT2D eigenvalue weighted by atomic mass is 79.9. The lowest BCUT2D eigenvalue weighted by atomic mass is 9.70. The number of para-hydroxylation sites is 1. The molecule has 3 unspecified atom stereocenters. The number of amides is 3. The largest absolute Gasteiger partial charge is 0.494 e. The topological polar surface area (TPSA) is 99.6 Å². The number of hydrogen-bond acceptors (Lipinski definition) is 6. The van der Waals surface area contributed by atoms with Crippen molar-refractivity contribution in [2.45, 2.75) is 35.9 Å². The molecule has 2 aromatic carbocycles. The molecule has 3 aliphatic rings. The van der Waals surface area contributed by atoms with Crippen molar-refractivity contribution in [2.24, 2.45) is 11.8 Å². The van der Waals surface area contributed by atoms with Crippen LogP contribution in [0, 0.1) is 11.8 Å². The lowest BCUT2D eigenvalue weighted by molar-refractivity contribution is -0.141. The Hall–Kier alpha value is -3.18. The number of benzene rings is 2. The molecule has 6 atom stereocenters. The van der Waals surface area contributed by atoms with E-state index in [0.29, 0.717) is 35.2 Å². The van der Waals surface area contributed by atoms with Crippen LogP contribution in [0.1, 0.15) is 13.3 Å². The minimum atomic E-state index is -1.29. The molecular formula is C32H35BrClN3O6. The number of rotatable bonds is 12. The fourth-order valence-corrected chi connectivity index (χ4v) is 7.99. The molecular weight excluding hydrogens is 638 g/mol. The summed E-state index contributed by atoms with van der Waals surface area (Å²) in [6, 6.07) is 13.0. The minimum Gasteiger partial charge on any atom is -0.494 e. The van der Waals surface area contributed by atoms with E-state index in [4.69, 9.17) is 21.1 Å². The summed E-state index contributed by atoms with van der Waals surface area (Å²) in [7, 11) is 0. The number of hydrogen-bond donors (Lipinski definition) is 1. The average molecular weight is 673 g/mol. The summed E-state index contributed by atoms with van der Waals surface area (Å²) < 4.78 is 12.2. The quantitative estimate of drug-likeness (QED) is 0.268. The van der Waals surface area contributed by atoms with Gasteiger partial charge in [-0.2, -0.15) is 0 Å². The molecule has 11 heteroatoms. The number of aliphatic hydroxyl groups excluding tert-OH is 1. The van der Waals surface area contributed by atoms with E-state index in [1.54, 1.807) is 65.6 Å². The zero-order valence-corrected chi connectivity index (χ0v) is 26.2. The molecule has 5 rings (SSSR count). The van der Waals surface area contributed by atoms with Crippen LogP contribution in [0.15, 0.2) is 73.8 Å². The summed E-state index contributed by atoms with van der Waals surface area (Å²) in [5.74, 6) is -2.23.